The molecule has 1 aliphatic carbocycles. The number of rotatable bonds is 8. The molecule has 1 fully saturated rings. The molecule has 17 heavy (non-hydrogen) atoms. The van der Waals surface area contributed by atoms with Gasteiger partial charge < -0.3 is 5.73 Å². The van der Waals surface area contributed by atoms with Crippen LogP contribution >= 0.6 is 0 Å². The molecule has 0 aromatic heterocycles. The van der Waals surface area contributed by atoms with Crippen LogP contribution in [0.4, 0.5) is 0 Å². The number of nitrogens with zero attached hydrogens (tertiary/aromatic N) is 1. The maximum Gasteiger partial charge on any atom is 0.0331 e. The Kier molecular flexibility index (Phi) is 7.14. The summed E-state index contributed by atoms with van der Waals surface area (Å²) in [6.45, 7) is 7.86. The number of hydrogen-bond donors (Lipinski definition) is 1. The Bertz CT molecular complexity index is 185. The molecule has 0 aromatic carbocycles. The molecule has 2 N–H and O–H groups in total. The molecule has 0 amide bonds. The van der Waals surface area contributed by atoms with Gasteiger partial charge in [-0.1, -0.05) is 52.4 Å². The second-order valence-electron chi connectivity index (χ2n) is 5.63. The fourth-order valence-electron chi connectivity index (χ4n) is 3.32. The Labute approximate surface area is 108 Å². The van der Waals surface area contributed by atoms with Crippen molar-refractivity contribution in [3.05, 3.63) is 0 Å². The standard InChI is InChI=1S/C15H32N2/c1-3-5-6-10-13-17(4-2)15(14-16)11-8-7-9-12-15/h3-14,16H2,1-2H3. The number of nitrogens with two attached hydrogens (primary N) is 1. The minimum Gasteiger partial charge on any atom is -0.329 e. The fourth-order valence-corrected chi connectivity index (χ4v) is 3.32. The van der Waals surface area contributed by atoms with Crippen LogP contribution < -0.4 is 5.73 Å². The molecule has 0 heterocycles. The molecule has 0 saturated heterocycles. The third kappa shape index (κ3) is 4.26. The molecule has 0 unspecified atom stereocenters. The summed E-state index contributed by atoms with van der Waals surface area (Å²) < 4.78 is 0. The van der Waals surface area contributed by atoms with Gasteiger partial charge in [0.25, 0.3) is 0 Å². The first-order valence-electron chi connectivity index (χ1n) is 7.74. The van der Waals surface area contributed by atoms with Crippen molar-refractivity contribution < 1.29 is 0 Å². The van der Waals surface area contributed by atoms with Gasteiger partial charge in [0.15, 0.2) is 0 Å². The second-order valence-corrected chi connectivity index (χ2v) is 5.63. The summed E-state index contributed by atoms with van der Waals surface area (Å²) >= 11 is 0. The normalized spacial score (nSPS) is 19.8. The van der Waals surface area contributed by atoms with Gasteiger partial charge in [0.2, 0.25) is 0 Å². The minimum absolute atomic E-state index is 0.346. The third-order valence-corrected chi connectivity index (χ3v) is 4.50. The highest BCUT2D eigenvalue weighted by atomic mass is 15.2. The molecule has 102 valence electrons. The van der Waals surface area contributed by atoms with Crippen LogP contribution in [0.15, 0.2) is 0 Å². The van der Waals surface area contributed by atoms with Crippen LogP contribution in [0, 0.1) is 0 Å². The van der Waals surface area contributed by atoms with Gasteiger partial charge in [-0.15, -0.1) is 0 Å². The molecule has 1 saturated carbocycles. The zero-order valence-corrected chi connectivity index (χ0v) is 12.0. The van der Waals surface area contributed by atoms with Crippen LogP contribution in [-0.2, 0) is 0 Å². The van der Waals surface area contributed by atoms with E-state index in [0.29, 0.717) is 5.54 Å². The zero-order valence-electron chi connectivity index (χ0n) is 12.0. The van der Waals surface area contributed by atoms with Crippen LogP contribution in [0.25, 0.3) is 0 Å². The highest BCUT2D eigenvalue weighted by Crippen LogP contribution is 2.33. The van der Waals surface area contributed by atoms with E-state index >= 15 is 0 Å². The van der Waals surface area contributed by atoms with Crippen molar-refractivity contribution in [3.63, 3.8) is 0 Å². The lowest BCUT2D eigenvalue weighted by Gasteiger charge is -2.46. The number of unbranched alkanes of at least 4 members (excludes halogenated alkanes) is 3. The molecule has 1 rings (SSSR count). The van der Waals surface area contributed by atoms with Gasteiger partial charge in [-0.05, 0) is 32.4 Å². The minimum atomic E-state index is 0.346. The second kappa shape index (κ2) is 8.10. The van der Waals surface area contributed by atoms with Crippen LogP contribution in [0.1, 0.15) is 71.6 Å². The topological polar surface area (TPSA) is 29.3 Å². The first kappa shape index (κ1) is 15.0. The van der Waals surface area contributed by atoms with Crippen molar-refractivity contribution in [2.45, 2.75) is 77.2 Å². The predicted molar refractivity (Wildman–Crippen MR) is 76.3 cm³/mol. The van der Waals surface area contributed by atoms with Crippen LogP contribution in [0.3, 0.4) is 0 Å². The SMILES string of the molecule is CCCCCCN(CC)C1(CN)CCCCC1. The molecule has 0 atom stereocenters. The Hall–Kier alpha value is -0.0800. The predicted octanol–water partition coefficient (Wildman–Crippen LogP) is 3.55. The molecule has 0 bridgehead atoms. The molecule has 1 aliphatic rings. The van der Waals surface area contributed by atoms with E-state index in [1.54, 1.807) is 0 Å². The molecule has 2 nitrogen and oxygen atoms in total. The van der Waals surface area contributed by atoms with Gasteiger partial charge in [-0.3, -0.25) is 4.90 Å². The largest absolute Gasteiger partial charge is 0.329 e. The third-order valence-electron chi connectivity index (χ3n) is 4.50. The molecule has 2 heteroatoms. The van der Waals surface area contributed by atoms with Gasteiger partial charge in [-0.2, -0.15) is 0 Å². The smallest absolute Gasteiger partial charge is 0.0331 e. The molecule has 0 aromatic rings. The molecule has 0 spiro atoms. The lowest BCUT2D eigenvalue weighted by molar-refractivity contribution is 0.0601. The van der Waals surface area contributed by atoms with Gasteiger partial charge in [0, 0.05) is 12.1 Å². The first-order chi connectivity index (χ1) is 8.29. The summed E-state index contributed by atoms with van der Waals surface area (Å²) in [4.78, 5) is 2.68. The van der Waals surface area contributed by atoms with E-state index in [9.17, 15) is 0 Å². The number of hydrogen-bond acceptors (Lipinski definition) is 2. The molecule has 0 radical (unpaired) electrons. The van der Waals surface area contributed by atoms with E-state index in [2.05, 4.69) is 18.7 Å². The lowest BCUT2D eigenvalue weighted by Crippen LogP contribution is -2.55. The summed E-state index contributed by atoms with van der Waals surface area (Å²) in [5.74, 6) is 0. The molecular weight excluding hydrogens is 208 g/mol. The van der Waals surface area contributed by atoms with Crippen molar-refractivity contribution >= 4 is 0 Å². The van der Waals surface area contributed by atoms with Crippen molar-refractivity contribution in [1.82, 2.24) is 4.90 Å². The van der Waals surface area contributed by atoms with E-state index in [1.807, 2.05) is 0 Å². The van der Waals surface area contributed by atoms with Crippen molar-refractivity contribution in [3.8, 4) is 0 Å². The van der Waals surface area contributed by atoms with E-state index in [0.717, 1.165) is 6.54 Å². The van der Waals surface area contributed by atoms with Crippen molar-refractivity contribution in [1.29, 1.82) is 0 Å². The van der Waals surface area contributed by atoms with E-state index in [4.69, 9.17) is 5.73 Å². The Balaban J connectivity index is 2.44. The summed E-state index contributed by atoms with van der Waals surface area (Å²) in [5.41, 5.74) is 6.45. The zero-order chi connectivity index (χ0) is 12.6. The maximum atomic E-state index is 6.10. The molecular formula is C15H32N2. The van der Waals surface area contributed by atoms with Crippen LogP contribution in [0.2, 0.25) is 0 Å². The van der Waals surface area contributed by atoms with E-state index in [1.165, 1.54) is 70.9 Å². The van der Waals surface area contributed by atoms with Crippen LogP contribution in [0.5, 0.6) is 0 Å². The highest BCUT2D eigenvalue weighted by Gasteiger charge is 2.35. The monoisotopic (exact) mass is 240 g/mol. The fraction of sp³-hybridized carbons (Fsp3) is 1.00. The quantitative estimate of drug-likeness (QED) is 0.657. The summed E-state index contributed by atoms with van der Waals surface area (Å²) in [6.07, 6.45) is 12.3. The average Bonchev–Trinajstić information content (AvgIpc) is 2.39. The highest BCUT2D eigenvalue weighted by molar-refractivity contribution is 4.93. The Morgan fingerprint density at radius 1 is 1.00 bits per heavy atom. The van der Waals surface area contributed by atoms with Gasteiger partial charge in [0.1, 0.15) is 0 Å². The summed E-state index contributed by atoms with van der Waals surface area (Å²) in [7, 11) is 0. The molecule has 0 aliphatic heterocycles. The summed E-state index contributed by atoms with van der Waals surface area (Å²) in [5, 5.41) is 0. The van der Waals surface area contributed by atoms with Gasteiger partial charge in [0.05, 0.1) is 0 Å². The first-order valence-corrected chi connectivity index (χ1v) is 7.74. The van der Waals surface area contributed by atoms with Crippen molar-refractivity contribution in [2.24, 2.45) is 5.73 Å². The van der Waals surface area contributed by atoms with Crippen molar-refractivity contribution in [2.75, 3.05) is 19.6 Å². The van der Waals surface area contributed by atoms with Crippen LogP contribution in [-0.4, -0.2) is 30.1 Å². The Morgan fingerprint density at radius 3 is 2.24 bits per heavy atom. The van der Waals surface area contributed by atoms with E-state index in [-0.39, 0.29) is 0 Å². The number of likely N-dealkylation sites (N-methyl/N-ethyl adjacent to an activating group) is 1. The Morgan fingerprint density at radius 2 is 1.71 bits per heavy atom. The summed E-state index contributed by atoms with van der Waals surface area (Å²) in [6, 6.07) is 0. The maximum absolute atomic E-state index is 6.10. The average molecular weight is 240 g/mol. The van der Waals surface area contributed by atoms with Gasteiger partial charge >= 0.3 is 0 Å². The lowest BCUT2D eigenvalue weighted by atomic mass is 9.80. The van der Waals surface area contributed by atoms with Gasteiger partial charge in [-0.25, -0.2) is 0 Å². The van der Waals surface area contributed by atoms with E-state index < -0.39 is 0 Å².